The highest BCUT2D eigenvalue weighted by molar-refractivity contribution is 7.77. The van der Waals surface area contributed by atoms with E-state index in [4.69, 9.17) is 21.9 Å². The molecule has 1 atom stereocenters. The minimum absolute atomic E-state index is 0.0482. The maximum atomic E-state index is 14.4. The smallest absolute Gasteiger partial charge is 0.231 e. The molecule has 0 aliphatic carbocycles. The molecule has 0 saturated carbocycles. The Hall–Kier alpha value is -2.53. The summed E-state index contributed by atoms with van der Waals surface area (Å²) in [6, 6.07) is 5.22. The fourth-order valence-corrected chi connectivity index (χ4v) is 3.42. The Morgan fingerprint density at radius 1 is 1.28 bits per heavy atom. The summed E-state index contributed by atoms with van der Waals surface area (Å²) >= 11 is 4.03. The Kier molecular flexibility index (Phi) is 6.48. The number of nitrogens with zero attached hydrogens (tertiary/aromatic N) is 2. The number of fused-ring (bicyclic) bond motifs is 1. The second-order valence-electron chi connectivity index (χ2n) is 6.10. The number of rotatable bonds is 7. The molecule has 7 nitrogen and oxygen atoms in total. The normalized spacial score (nSPS) is 12.3. The van der Waals surface area contributed by atoms with Crippen LogP contribution >= 0.6 is 11.6 Å². The van der Waals surface area contributed by atoms with Gasteiger partial charge in [0, 0.05) is 12.1 Å². The third-order valence-corrected chi connectivity index (χ3v) is 5.01. The summed E-state index contributed by atoms with van der Waals surface area (Å²) in [4.78, 5) is 21.0. The fourth-order valence-electron chi connectivity index (χ4n) is 2.79. The number of aromatic nitrogens is 2. The molecule has 1 heterocycles. The van der Waals surface area contributed by atoms with Crippen LogP contribution in [-0.4, -0.2) is 31.1 Å². The van der Waals surface area contributed by atoms with Crippen LogP contribution in [0.25, 0.3) is 11.0 Å². The van der Waals surface area contributed by atoms with Gasteiger partial charge in [-0.25, -0.2) is 22.7 Å². The lowest BCUT2D eigenvalue weighted by Crippen LogP contribution is -2.18. The maximum absolute atomic E-state index is 14.4. The molecule has 0 amide bonds. The zero-order chi connectivity index (χ0) is 21.1. The van der Waals surface area contributed by atoms with E-state index in [-0.39, 0.29) is 34.9 Å². The summed E-state index contributed by atoms with van der Waals surface area (Å²) in [5.74, 6) is -3.22. The number of hydrogen-bond acceptors (Lipinski definition) is 5. The number of anilines is 1. The van der Waals surface area contributed by atoms with Gasteiger partial charge in [0.15, 0.2) is 17.4 Å². The summed E-state index contributed by atoms with van der Waals surface area (Å²) in [6.07, 6.45) is 1.84. The predicted molar refractivity (Wildman–Crippen MR) is 106 cm³/mol. The van der Waals surface area contributed by atoms with E-state index in [1.54, 1.807) is 0 Å². The minimum Gasteiger partial charge on any atom is -0.382 e. The van der Waals surface area contributed by atoms with Gasteiger partial charge in [0.25, 0.3) is 0 Å². The molecule has 0 radical (unpaired) electrons. The van der Waals surface area contributed by atoms with Gasteiger partial charge in [0.1, 0.15) is 5.82 Å². The molecule has 29 heavy (non-hydrogen) atoms. The molecule has 0 spiro atoms. The number of benzene rings is 2. The molecule has 4 N–H and O–H groups in total. The van der Waals surface area contributed by atoms with Crippen molar-refractivity contribution in [3.63, 3.8) is 0 Å². The van der Waals surface area contributed by atoms with Crippen molar-refractivity contribution in [2.45, 2.75) is 12.8 Å². The molecule has 152 valence electrons. The molecular weight excluding hydrogens is 426 g/mol. The highest BCUT2D eigenvalue weighted by atomic mass is 35.5. The highest BCUT2D eigenvalue weighted by Crippen LogP contribution is 2.30. The van der Waals surface area contributed by atoms with Crippen LogP contribution in [0, 0.1) is 11.6 Å². The van der Waals surface area contributed by atoms with E-state index in [2.05, 4.69) is 14.7 Å². The summed E-state index contributed by atoms with van der Waals surface area (Å²) in [5, 5.41) is -0.210. The molecule has 0 fully saturated rings. The van der Waals surface area contributed by atoms with E-state index < -0.39 is 34.2 Å². The molecule has 1 unspecified atom stereocenters. The minimum atomic E-state index is -2.18. The van der Waals surface area contributed by atoms with Gasteiger partial charge >= 0.3 is 0 Å². The molecular formula is C18H15ClF2N4O3S. The van der Waals surface area contributed by atoms with Crippen LogP contribution < -0.4 is 10.5 Å². The largest absolute Gasteiger partial charge is 0.382 e. The van der Waals surface area contributed by atoms with Crippen LogP contribution in [0.4, 0.5) is 14.6 Å². The van der Waals surface area contributed by atoms with E-state index in [0.29, 0.717) is 17.5 Å². The molecule has 0 aliphatic heterocycles. The molecule has 0 saturated heterocycles. The summed E-state index contributed by atoms with van der Waals surface area (Å²) < 4.78 is 50.1. The monoisotopic (exact) mass is 440 g/mol. The van der Waals surface area contributed by atoms with Crippen molar-refractivity contribution in [1.82, 2.24) is 14.7 Å². The number of aryl methyl sites for hydroxylation is 1. The maximum Gasteiger partial charge on any atom is 0.231 e. The van der Waals surface area contributed by atoms with Crippen LogP contribution in [0.5, 0.6) is 0 Å². The average Bonchev–Trinajstić information content (AvgIpc) is 2.68. The first-order valence-electron chi connectivity index (χ1n) is 8.35. The number of hydrogen-bond donors (Lipinski definition) is 3. The Balaban J connectivity index is 1.96. The van der Waals surface area contributed by atoms with Crippen LogP contribution in [-0.2, 0) is 17.7 Å². The van der Waals surface area contributed by atoms with E-state index in [1.807, 2.05) is 0 Å². The van der Waals surface area contributed by atoms with Gasteiger partial charge in [0.05, 0.1) is 27.8 Å². The molecule has 2 aromatic carbocycles. The second kappa shape index (κ2) is 8.87. The summed E-state index contributed by atoms with van der Waals surface area (Å²) in [5.41, 5.74) is 6.08. The molecule has 0 aliphatic rings. The number of carbonyl (C=O) groups excluding carboxylic acids is 1. The van der Waals surface area contributed by atoms with Gasteiger partial charge in [-0.05, 0) is 42.7 Å². The average molecular weight is 441 g/mol. The zero-order valence-corrected chi connectivity index (χ0v) is 16.4. The standard InChI is InChI=1S/C18H15ClF2N4O3S/c19-16-9(2-1-5-24-29(27)28)6-11(20)17(21)15(16)18(26)10-3-4-12-13(7-10)25-14(22)8-23-12/h3-4,6-8,24H,1-2,5H2,(H2,22,25)(H,27,28). The third-order valence-electron chi connectivity index (χ3n) is 4.13. The lowest BCUT2D eigenvalue weighted by molar-refractivity contribution is 0.103. The molecule has 11 heteroatoms. The van der Waals surface area contributed by atoms with Gasteiger partial charge in [-0.1, -0.05) is 11.6 Å². The van der Waals surface area contributed by atoms with E-state index >= 15 is 0 Å². The van der Waals surface area contributed by atoms with Crippen LogP contribution in [0.15, 0.2) is 30.5 Å². The summed E-state index contributed by atoms with van der Waals surface area (Å²) in [6.45, 7) is 0.145. The van der Waals surface area contributed by atoms with Crippen LogP contribution in [0.2, 0.25) is 5.02 Å². The number of ketones is 1. The number of nitrogens with two attached hydrogens (primary N) is 1. The van der Waals surface area contributed by atoms with Crippen LogP contribution in [0.1, 0.15) is 27.9 Å². The Morgan fingerprint density at radius 2 is 2.03 bits per heavy atom. The van der Waals surface area contributed by atoms with Gasteiger partial charge in [-0.15, -0.1) is 0 Å². The first-order chi connectivity index (χ1) is 13.8. The van der Waals surface area contributed by atoms with Gasteiger partial charge in [-0.2, -0.15) is 0 Å². The SMILES string of the molecule is Nc1cnc2ccc(C(=O)c3c(F)c(F)cc(CCCNS(=O)O)c3Cl)cc2n1. The van der Waals surface area contributed by atoms with Gasteiger partial charge in [0.2, 0.25) is 11.3 Å². The second-order valence-corrected chi connectivity index (χ2v) is 7.26. The number of nitrogen functional groups attached to an aromatic ring is 1. The van der Waals surface area contributed by atoms with Crippen molar-refractivity contribution in [1.29, 1.82) is 0 Å². The molecule has 1 aromatic heterocycles. The Labute approximate surface area is 171 Å². The van der Waals surface area contributed by atoms with E-state index in [9.17, 15) is 17.8 Å². The van der Waals surface area contributed by atoms with E-state index in [0.717, 1.165) is 6.07 Å². The van der Waals surface area contributed by atoms with Crippen LogP contribution in [0.3, 0.4) is 0 Å². The molecule has 3 rings (SSSR count). The lowest BCUT2D eigenvalue weighted by atomic mass is 9.98. The van der Waals surface area contributed by atoms with Crippen molar-refractivity contribution >= 4 is 45.5 Å². The van der Waals surface area contributed by atoms with Crippen molar-refractivity contribution in [2.75, 3.05) is 12.3 Å². The third kappa shape index (κ3) is 4.73. The lowest BCUT2D eigenvalue weighted by Gasteiger charge is -2.12. The fraction of sp³-hybridized carbons (Fsp3) is 0.167. The first-order valence-corrected chi connectivity index (χ1v) is 9.84. The van der Waals surface area contributed by atoms with Crippen molar-refractivity contribution < 1.29 is 22.3 Å². The van der Waals surface area contributed by atoms with E-state index in [1.165, 1.54) is 24.4 Å². The van der Waals surface area contributed by atoms with Gasteiger partial charge < -0.3 is 5.73 Å². The number of nitrogens with one attached hydrogen (secondary N) is 1. The van der Waals surface area contributed by atoms with Gasteiger partial charge in [-0.3, -0.25) is 14.3 Å². The molecule has 3 aromatic rings. The summed E-state index contributed by atoms with van der Waals surface area (Å²) in [7, 11) is 0. The predicted octanol–water partition coefficient (Wildman–Crippen LogP) is 3.03. The molecule has 0 bridgehead atoms. The highest BCUT2D eigenvalue weighted by Gasteiger charge is 2.24. The zero-order valence-electron chi connectivity index (χ0n) is 14.8. The number of carbonyl (C=O) groups is 1. The van der Waals surface area contributed by atoms with Crippen molar-refractivity contribution in [2.24, 2.45) is 0 Å². The van der Waals surface area contributed by atoms with Crippen molar-refractivity contribution in [3.05, 3.63) is 63.8 Å². The topological polar surface area (TPSA) is 118 Å². The Morgan fingerprint density at radius 3 is 2.76 bits per heavy atom. The first kappa shape index (κ1) is 21.2. The van der Waals surface area contributed by atoms with Crippen molar-refractivity contribution in [3.8, 4) is 0 Å². The number of halogens is 3. The Bertz CT molecular complexity index is 1130. The quantitative estimate of drug-likeness (QED) is 0.225.